The molecule has 3 aromatic rings. The van der Waals surface area contributed by atoms with Crippen LogP contribution in [0.25, 0.3) is 11.1 Å². The number of carbonyl (C=O) groups excluding carboxylic acids is 1. The zero-order valence-electron chi connectivity index (χ0n) is 18.6. The Morgan fingerprint density at radius 1 is 1.09 bits per heavy atom. The van der Waals surface area contributed by atoms with Crippen LogP contribution in [0.15, 0.2) is 42.9 Å². The van der Waals surface area contributed by atoms with E-state index in [1.807, 2.05) is 4.90 Å². The molecule has 4 rings (SSSR count). The Morgan fingerprint density at radius 2 is 1.86 bits per heavy atom. The number of aryl methyl sites for hydroxylation is 1. The second-order valence-electron chi connectivity index (χ2n) is 7.61. The minimum Gasteiger partial charge on any atom is -0.415 e. The van der Waals surface area contributed by atoms with Gasteiger partial charge in [0, 0.05) is 47.9 Å². The first-order chi connectivity index (χ1) is 16.8. The predicted octanol–water partition coefficient (Wildman–Crippen LogP) is 4.47. The van der Waals surface area contributed by atoms with Crippen molar-refractivity contribution in [3.8, 4) is 17.0 Å². The van der Waals surface area contributed by atoms with Crippen LogP contribution in [0.4, 0.5) is 28.9 Å². The van der Waals surface area contributed by atoms with Gasteiger partial charge in [-0.2, -0.15) is 8.78 Å². The number of aromatic nitrogens is 3. The van der Waals surface area contributed by atoms with Gasteiger partial charge in [0.2, 0.25) is 5.88 Å². The number of alkyl halides is 4. The van der Waals surface area contributed by atoms with E-state index in [1.54, 1.807) is 19.1 Å². The highest BCUT2D eigenvalue weighted by Crippen LogP contribution is 2.34. The van der Waals surface area contributed by atoms with Crippen molar-refractivity contribution in [3.05, 3.63) is 59.8 Å². The molecule has 0 unspecified atom stereocenters. The van der Waals surface area contributed by atoms with Crippen molar-refractivity contribution in [2.24, 2.45) is 0 Å². The van der Waals surface area contributed by atoms with Gasteiger partial charge in [-0.1, -0.05) is 0 Å². The Hall–Kier alpha value is -3.80. The van der Waals surface area contributed by atoms with Gasteiger partial charge in [-0.15, -0.1) is 0 Å². The van der Waals surface area contributed by atoms with Crippen LogP contribution in [0.3, 0.4) is 0 Å². The van der Waals surface area contributed by atoms with Gasteiger partial charge in [0.15, 0.2) is 0 Å². The summed E-state index contributed by atoms with van der Waals surface area (Å²) in [6.45, 7) is 0.533. The third-order valence-electron chi connectivity index (χ3n) is 5.31. The molecule has 4 heterocycles. The van der Waals surface area contributed by atoms with Crippen LogP contribution in [0.1, 0.15) is 28.2 Å². The van der Waals surface area contributed by atoms with Crippen LogP contribution in [-0.2, 0) is 4.74 Å². The minimum absolute atomic E-state index is 0.0159. The molecule has 1 fully saturated rings. The fourth-order valence-electron chi connectivity index (χ4n) is 3.60. The Morgan fingerprint density at radius 3 is 2.57 bits per heavy atom. The first kappa shape index (κ1) is 24.3. The summed E-state index contributed by atoms with van der Waals surface area (Å²) in [5.41, 5.74) is 1.97. The number of halogens is 4. The van der Waals surface area contributed by atoms with Gasteiger partial charge in [-0.25, -0.2) is 13.8 Å². The molecule has 184 valence electrons. The maximum Gasteiger partial charge on any atom is 0.388 e. The summed E-state index contributed by atoms with van der Waals surface area (Å²) in [4.78, 5) is 26.4. The van der Waals surface area contributed by atoms with Crippen molar-refractivity contribution >= 4 is 17.3 Å². The highest BCUT2D eigenvalue weighted by atomic mass is 19.3. The van der Waals surface area contributed by atoms with Gasteiger partial charge in [0.25, 0.3) is 12.3 Å². The lowest BCUT2D eigenvalue weighted by Crippen LogP contribution is -2.36. The van der Waals surface area contributed by atoms with E-state index in [4.69, 9.17) is 4.74 Å². The largest absolute Gasteiger partial charge is 0.415 e. The zero-order chi connectivity index (χ0) is 24.9. The van der Waals surface area contributed by atoms with Crippen LogP contribution in [0.5, 0.6) is 5.88 Å². The number of nitrogens with one attached hydrogen (secondary N) is 1. The smallest absolute Gasteiger partial charge is 0.388 e. The standard InChI is InChI=1S/C23H21F4N5O3/c1-13-17(10-16(12-29-13)31-21(33)14-2-3-28-18(8-14)20(24)25)15-9-19(32-4-6-34-7-5-32)22(30-11-15)35-23(26)27/h2-3,8-12,20,23H,4-7H2,1H3,(H,31,33). The van der Waals surface area contributed by atoms with E-state index in [0.717, 1.165) is 12.3 Å². The molecule has 1 aliphatic rings. The molecular weight excluding hydrogens is 470 g/mol. The van der Waals surface area contributed by atoms with E-state index < -0.39 is 24.6 Å². The van der Waals surface area contributed by atoms with Crippen LogP contribution >= 0.6 is 0 Å². The number of ether oxygens (including phenoxy) is 2. The average Bonchev–Trinajstić information content (AvgIpc) is 2.86. The number of pyridine rings is 3. The van der Waals surface area contributed by atoms with E-state index in [0.29, 0.717) is 54.5 Å². The van der Waals surface area contributed by atoms with E-state index in [9.17, 15) is 22.4 Å². The predicted molar refractivity (Wildman–Crippen MR) is 119 cm³/mol. The molecule has 35 heavy (non-hydrogen) atoms. The number of morpholine rings is 1. The maximum absolute atomic E-state index is 12.9. The number of rotatable bonds is 7. The summed E-state index contributed by atoms with van der Waals surface area (Å²) in [6, 6.07) is 5.65. The molecule has 1 N–H and O–H groups in total. The number of anilines is 2. The Balaban J connectivity index is 1.64. The van der Waals surface area contributed by atoms with Gasteiger partial charge in [-0.05, 0) is 31.2 Å². The molecule has 3 aromatic heterocycles. The van der Waals surface area contributed by atoms with Gasteiger partial charge < -0.3 is 19.7 Å². The van der Waals surface area contributed by atoms with Crippen molar-refractivity contribution in [1.82, 2.24) is 15.0 Å². The molecule has 0 saturated carbocycles. The first-order valence-electron chi connectivity index (χ1n) is 10.6. The number of nitrogens with zero attached hydrogens (tertiary/aromatic N) is 4. The van der Waals surface area contributed by atoms with E-state index in [1.165, 1.54) is 18.5 Å². The van der Waals surface area contributed by atoms with Crippen molar-refractivity contribution < 1.29 is 31.8 Å². The van der Waals surface area contributed by atoms with E-state index >= 15 is 0 Å². The van der Waals surface area contributed by atoms with Crippen LogP contribution in [0.2, 0.25) is 0 Å². The molecule has 0 atom stereocenters. The molecule has 12 heteroatoms. The molecule has 8 nitrogen and oxygen atoms in total. The average molecular weight is 491 g/mol. The highest BCUT2D eigenvalue weighted by molar-refractivity contribution is 6.04. The topological polar surface area (TPSA) is 89.5 Å². The summed E-state index contributed by atoms with van der Waals surface area (Å²) in [6.07, 6.45) is 1.14. The molecule has 0 aromatic carbocycles. The molecule has 0 spiro atoms. The Labute approximate surface area is 197 Å². The second-order valence-corrected chi connectivity index (χ2v) is 7.61. The maximum atomic E-state index is 12.9. The van der Waals surface area contributed by atoms with Crippen LogP contribution < -0.4 is 15.0 Å². The number of amides is 1. The van der Waals surface area contributed by atoms with Gasteiger partial charge in [-0.3, -0.25) is 14.8 Å². The van der Waals surface area contributed by atoms with Crippen LogP contribution in [-0.4, -0.2) is 53.8 Å². The summed E-state index contributed by atoms with van der Waals surface area (Å²) >= 11 is 0. The van der Waals surface area contributed by atoms with E-state index in [2.05, 4.69) is 25.0 Å². The van der Waals surface area contributed by atoms with Gasteiger partial charge in [0.1, 0.15) is 11.4 Å². The quantitative estimate of drug-likeness (QED) is 0.488. The second kappa shape index (κ2) is 10.6. The summed E-state index contributed by atoms with van der Waals surface area (Å²) < 4.78 is 61.7. The number of carbonyl (C=O) groups is 1. The minimum atomic E-state index is -3.03. The molecular formula is C23H21F4N5O3. The SMILES string of the molecule is Cc1ncc(NC(=O)c2ccnc(C(F)F)c2)cc1-c1cnc(OC(F)F)c(N2CCOCC2)c1. The lowest BCUT2D eigenvalue weighted by Gasteiger charge is -2.30. The van der Waals surface area contributed by atoms with Gasteiger partial charge >= 0.3 is 6.61 Å². The summed E-state index contributed by atoms with van der Waals surface area (Å²) in [5.74, 6) is -0.813. The lowest BCUT2D eigenvalue weighted by molar-refractivity contribution is -0.0525. The monoisotopic (exact) mass is 491 g/mol. The molecule has 1 amide bonds. The van der Waals surface area contributed by atoms with Crippen molar-refractivity contribution in [1.29, 1.82) is 0 Å². The Bertz CT molecular complexity index is 1210. The van der Waals surface area contributed by atoms with Crippen molar-refractivity contribution in [2.45, 2.75) is 20.0 Å². The lowest BCUT2D eigenvalue weighted by atomic mass is 10.0. The van der Waals surface area contributed by atoms with Gasteiger partial charge in [0.05, 0.1) is 25.1 Å². The number of hydrogen-bond acceptors (Lipinski definition) is 7. The normalized spacial score (nSPS) is 13.9. The summed E-state index contributed by atoms with van der Waals surface area (Å²) in [5, 5.41) is 2.63. The third-order valence-corrected chi connectivity index (χ3v) is 5.31. The molecule has 0 bridgehead atoms. The first-order valence-corrected chi connectivity index (χ1v) is 10.6. The molecule has 1 aliphatic heterocycles. The molecule has 0 aliphatic carbocycles. The highest BCUT2D eigenvalue weighted by Gasteiger charge is 2.21. The third kappa shape index (κ3) is 5.83. The van der Waals surface area contributed by atoms with E-state index in [-0.39, 0.29) is 11.4 Å². The fourth-order valence-corrected chi connectivity index (χ4v) is 3.60. The van der Waals surface area contributed by atoms with Crippen molar-refractivity contribution in [3.63, 3.8) is 0 Å². The summed E-state index contributed by atoms with van der Waals surface area (Å²) in [7, 11) is 0. The van der Waals surface area contributed by atoms with Crippen LogP contribution in [0, 0.1) is 6.92 Å². The van der Waals surface area contributed by atoms with Crippen molar-refractivity contribution in [2.75, 3.05) is 36.5 Å². The zero-order valence-corrected chi connectivity index (χ0v) is 18.6. The number of hydrogen-bond donors (Lipinski definition) is 1. The fraction of sp³-hybridized carbons (Fsp3) is 0.304. The molecule has 1 saturated heterocycles. The Kier molecular flexibility index (Phi) is 7.39. The molecule has 0 radical (unpaired) electrons.